The maximum absolute atomic E-state index is 12.7. The molecule has 1 unspecified atom stereocenters. The Labute approximate surface area is 195 Å². The molecule has 3 heterocycles. The van der Waals surface area contributed by atoms with Gasteiger partial charge >= 0.3 is 0 Å². The van der Waals surface area contributed by atoms with Crippen molar-refractivity contribution in [3.63, 3.8) is 0 Å². The normalized spacial score (nSPS) is 15.6. The van der Waals surface area contributed by atoms with Gasteiger partial charge in [-0.15, -0.1) is 11.3 Å². The Morgan fingerprint density at radius 3 is 2.69 bits per heavy atom. The second-order valence-corrected chi connectivity index (χ2v) is 9.71. The molecule has 32 heavy (non-hydrogen) atoms. The number of amides is 1. The van der Waals surface area contributed by atoms with Crippen LogP contribution in [0.5, 0.6) is 5.75 Å². The fourth-order valence-corrected chi connectivity index (χ4v) is 5.62. The highest BCUT2D eigenvalue weighted by atomic mass is 32.2. The van der Waals surface area contributed by atoms with Gasteiger partial charge in [0.1, 0.15) is 10.6 Å². The Morgan fingerprint density at radius 2 is 1.97 bits per heavy atom. The summed E-state index contributed by atoms with van der Waals surface area (Å²) in [5.74, 6) is 0.977. The van der Waals surface area contributed by atoms with Gasteiger partial charge in [-0.2, -0.15) is 0 Å². The van der Waals surface area contributed by atoms with Crippen LogP contribution in [0, 0.1) is 0 Å². The van der Waals surface area contributed by atoms with Gasteiger partial charge in [-0.25, -0.2) is 4.98 Å². The predicted molar refractivity (Wildman–Crippen MR) is 130 cm³/mol. The monoisotopic (exact) mass is 472 g/mol. The van der Waals surface area contributed by atoms with Crippen LogP contribution in [0.3, 0.4) is 0 Å². The van der Waals surface area contributed by atoms with Crippen LogP contribution in [0.25, 0.3) is 10.2 Å². The number of nitrogens with one attached hydrogen (secondary N) is 1. The largest absolute Gasteiger partial charge is 0.497 e. The zero-order valence-corrected chi connectivity index (χ0v) is 20.0. The van der Waals surface area contributed by atoms with Crippen LogP contribution in [-0.4, -0.2) is 52.9 Å². The predicted octanol–water partition coefficient (Wildman–Crippen LogP) is 3.44. The molecule has 0 saturated carbocycles. The number of ether oxygens (including phenoxy) is 1. The average molecular weight is 473 g/mol. The Hall–Kier alpha value is -2.36. The molecule has 170 valence electrons. The van der Waals surface area contributed by atoms with Gasteiger partial charge in [-0.3, -0.25) is 19.1 Å². The van der Waals surface area contributed by atoms with E-state index < -0.39 is 0 Å². The molecule has 0 radical (unpaired) electrons. The third-order valence-corrected chi connectivity index (χ3v) is 7.66. The molecule has 0 spiro atoms. The summed E-state index contributed by atoms with van der Waals surface area (Å²) < 4.78 is 6.81. The van der Waals surface area contributed by atoms with Gasteiger partial charge in [0, 0.05) is 13.6 Å². The molecule has 9 heteroatoms. The summed E-state index contributed by atoms with van der Waals surface area (Å²) in [6, 6.07) is 10.0. The number of benzene rings is 1. The van der Waals surface area contributed by atoms with E-state index >= 15 is 0 Å². The quantitative estimate of drug-likeness (QED) is 0.400. The fraction of sp³-hybridized carbons (Fsp3) is 0.435. The topological polar surface area (TPSA) is 76.5 Å². The first kappa shape index (κ1) is 22.8. The van der Waals surface area contributed by atoms with E-state index in [0.29, 0.717) is 21.9 Å². The molecule has 1 aliphatic heterocycles. The molecule has 1 fully saturated rings. The van der Waals surface area contributed by atoms with E-state index in [1.54, 1.807) is 20.2 Å². The molecule has 0 bridgehead atoms. The first-order valence-corrected chi connectivity index (χ1v) is 12.6. The molecule has 1 aromatic carbocycles. The second-order valence-electron chi connectivity index (χ2n) is 7.88. The molecular formula is C23H28N4O3S2. The molecule has 4 rings (SSSR count). The SMILES string of the molecule is COc1ccc(C(CNC(=O)CSc2nc3sccc3c(=O)n2C)N2CCCCC2)cc1. The first-order chi connectivity index (χ1) is 15.6. The lowest BCUT2D eigenvalue weighted by Gasteiger charge is -2.35. The molecule has 1 amide bonds. The van der Waals surface area contributed by atoms with Crippen LogP contribution in [0.1, 0.15) is 30.9 Å². The van der Waals surface area contributed by atoms with Gasteiger partial charge in [-0.05, 0) is 55.1 Å². The summed E-state index contributed by atoms with van der Waals surface area (Å²) in [6.45, 7) is 2.62. The summed E-state index contributed by atoms with van der Waals surface area (Å²) in [5, 5.41) is 6.14. The molecule has 1 aliphatic rings. The van der Waals surface area contributed by atoms with Gasteiger partial charge in [0.2, 0.25) is 5.91 Å². The minimum Gasteiger partial charge on any atom is -0.497 e. The number of hydrogen-bond acceptors (Lipinski definition) is 7. The van der Waals surface area contributed by atoms with Gasteiger partial charge in [-0.1, -0.05) is 30.3 Å². The number of aromatic nitrogens is 2. The molecule has 7 nitrogen and oxygen atoms in total. The lowest BCUT2D eigenvalue weighted by Crippen LogP contribution is -2.41. The van der Waals surface area contributed by atoms with Crippen molar-refractivity contribution in [3.8, 4) is 5.75 Å². The van der Waals surface area contributed by atoms with Crippen molar-refractivity contribution in [1.29, 1.82) is 0 Å². The number of thiophene rings is 1. The van der Waals surface area contributed by atoms with Crippen molar-refractivity contribution in [1.82, 2.24) is 19.8 Å². The number of piperidine rings is 1. The molecule has 1 N–H and O–H groups in total. The van der Waals surface area contributed by atoms with Crippen LogP contribution >= 0.6 is 23.1 Å². The number of methoxy groups -OCH3 is 1. The van der Waals surface area contributed by atoms with Crippen LogP contribution in [0.2, 0.25) is 0 Å². The number of carbonyl (C=O) groups excluding carboxylic acids is 1. The molecule has 1 atom stereocenters. The highest BCUT2D eigenvalue weighted by Crippen LogP contribution is 2.26. The minimum atomic E-state index is -0.0798. The van der Waals surface area contributed by atoms with Gasteiger partial charge in [0.05, 0.1) is 24.3 Å². The lowest BCUT2D eigenvalue weighted by atomic mass is 10.0. The fourth-order valence-electron chi connectivity index (χ4n) is 4.01. The van der Waals surface area contributed by atoms with Gasteiger partial charge < -0.3 is 10.1 Å². The molecule has 3 aromatic rings. The van der Waals surface area contributed by atoms with Crippen LogP contribution in [0.15, 0.2) is 45.7 Å². The summed E-state index contributed by atoms with van der Waals surface area (Å²) in [6.07, 6.45) is 3.62. The number of hydrogen-bond donors (Lipinski definition) is 1. The number of likely N-dealkylation sites (tertiary alicyclic amines) is 1. The summed E-state index contributed by atoms with van der Waals surface area (Å²) in [5.41, 5.74) is 1.09. The number of nitrogens with zero attached hydrogens (tertiary/aromatic N) is 3. The second kappa shape index (κ2) is 10.5. The molecule has 0 aliphatic carbocycles. The molecular weight excluding hydrogens is 444 g/mol. The van der Waals surface area contributed by atoms with Crippen molar-refractivity contribution in [3.05, 3.63) is 51.6 Å². The van der Waals surface area contributed by atoms with Gasteiger partial charge in [0.15, 0.2) is 5.16 Å². The van der Waals surface area contributed by atoms with Crippen molar-refractivity contribution < 1.29 is 9.53 Å². The van der Waals surface area contributed by atoms with E-state index in [1.807, 2.05) is 17.5 Å². The maximum Gasteiger partial charge on any atom is 0.262 e. The van der Waals surface area contributed by atoms with Crippen molar-refractivity contribution in [2.75, 3.05) is 32.5 Å². The summed E-state index contributed by atoms with van der Waals surface area (Å²) >= 11 is 2.73. The third-order valence-electron chi connectivity index (χ3n) is 5.82. The Bertz CT molecular complexity index is 1120. The molecule has 1 saturated heterocycles. The summed E-state index contributed by atoms with van der Waals surface area (Å²) in [7, 11) is 3.36. The highest BCUT2D eigenvalue weighted by molar-refractivity contribution is 7.99. The Balaban J connectivity index is 1.40. The Kier molecular flexibility index (Phi) is 7.49. The van der Waals surface area contributed by atoms with Crippen LogP contribution in [-0.2, 0) is 11.8 Å². The van der Waals surface area contributed by atoms with E-state index in [9.17, 15) is 9.59 Å². The number of thioether (sulfide) groups is 1. The molecule has 2 aromatic heterocycles. The van der Waals surface area contributed by atoms with Crippen LogP contribution in [0.4, 0.5) is 0 Å². The number of fused-ring (bicyclic) bond motifs is 1. The Morgan fingerprint density at radius 1 is 1.22 bits per heavy atom. The number of rotatable bonds is 8. The van der Waals surface area contributed by atoms with Crippen molar-refractivity contribution >= 4 is 39.2 Å². The first-order valence-electron chi connectivity index (χ1n) is 10.8. The van der Waals surface area contributed by atoms with Crippen LogP contribution < -0.4 is 15.6 Å². The van der Waals surface area contributed by atoms with E-state index in [2.05, 4.69) is 27.3 Å². The van der Waals surface area contributed by atoms with Crippen molar-refractivity contribution in [2.45, 2.75) is 30.5 Å². The van der Waals surface area contributed by atoms with Gasteiger partial charge in [0.25, 0.3) is 5.56 Å². The summed E-state index contributed by atoms with van der Waals surface area (Å²) in [4.78, 5) is 32.8. The zero-order chi connectivity index (χ0) is 22.5. The standard InChI is InChI=1S/C23H28N4O3S2/c1-26-22(29)18-10-13-31-21(18)25-23(26)32-15-20(28)24-14-19(27-11-4-3-5-12-27)16-6-8-17(30-2)9-7-16/h6-10,13,19H,3-5,11-12,14-15H2,1-2H3,(H,24,28). The third kappa shape index (κ3) is 5.16. The van der Waals surface area contributed by atoms with E-state index in [0.717, 1.165) is 18.8 Å². The lowest BCUT2D eigenvalue weighted by molar-refractivity contribution is -0.118. The van der Waals surface area contributed by atoms with E-state index in [4.69, 9.17) is 4.74 Å². The highest BCUT2D eigenvalue weighted by Gasteiger charge is 2.23. The zero-order valence-electron chi connectivity index (χ0n) is 18.4. The van der Waals surface area contributed by atoms with Crippen molar-refractivity contribution in [2.24, 2.45) is 7.05 Å². The minimum absolute atomic E-state index is 0.0638. The maximum atomic E-state index is 12.7. The average Bonchev–Trinajstić information content (AvgIpc) is 3.30. The van der Waals surface area contributed by atoms with E-state index in [1.165, 1.54) is 52.5 Å². The smallest absolute Gasteiger partial charge is 0.262 e. The number of carbonyl (C=O) groups is 1. The van der Waals surface area contributed by atoms with E-state index in [-0.39, 0.29) is 23.3 Å².